The van der Waals surface area contributed by atoms with Crippen molar-refractivity contribution in [3.05, 3.63) is 0 Å². The number of carbonyl (C=O) groups is 1. The van der Waals surface area contributed by atoms with E-state index >= 15 is 0 Å². The van der Waals surface area contributed by atoms with E-state index in [1.807, 2.05) is 0 Å². The van der Waals surface area contributed by atoms with Crippen molar-refractivity contribution < 1.29 is 4.79 Å². The van der Waals surface area contributed by atoms with Crippen molar-refractivity contribution in [1.82, 2.24) is 5.32 Å². The maximum absolute atomic E-state index is 10.3. The summed E-state index contributed by atoms with van der Waals surface area (Å²) in [7, 11) is 0. The quantitative estimate of drug-likeness (QED) is 0.539. The molecular formula is C9H17N3O. The molecule has 0 aliphatic heterocycles. The van der Waals surface area contributed by atoms with Crippen LogP contribution >= 0.6 is 0 Å². The van der Waals surface area contributed by atoms with Crippen LogP contribution in [0.3, 0.4) is 0 Å². The van der Waals surface area contributed by atoms with Gasteiger partial charge in [0.1, 0.15) is 0 Å². The Morgan fingerprint density at radius 1 is 1.31 bits per heavy atom. The predicted octanol–water partition coefficient (Wildman–Crippen LogP) is 0.535. The molecule has 0 fully saturated rings. The maximum Gasteiger partial charge on any atom is 0.217 e. The van der Waals surface area contributed by atoms with Gasteiger partial charge in [-0.2, -0.15) is 5.26 Å². The summed E-state index contributed by atoms with van der Waals surface area (Å²) in [5.41, 5.74) is 4.98. The molecule has 0 heterocycles. The third kappa shape index (κ3) is 10.9. The first-order chi connectivity index (χ1) is 6.27. The van der Waals surface area contributed by atoms with Crippen LogP contribution in [0.15, 0.2) is 0 Å². The molecule has 0 aromatic rings. The van der Waals surface area contributed by atoms with Crippen molar-refractivity contribution >= 4 is 5.91 Å². The van der Waals surface area contributed by atoms with Crippen LogP contribution in [0.4, 0.5) is 0 Å². The number of nitriles is 1. The van der Waals surface area contributed by atoms with Crippen molar-refractivity contribution in [2.45, 2.75) is 32.1 Å². The molecule has 0 spiro atoms. The van der Waals surface area contributed by atoms with E-state index < -0.39 is 0 Å². The van der Waals surface area contributed by atoms with E-state index in [1.165, 1.54) is 0 Å². The van der Waals surface area contributed by atoms with Gasteiger partial charge in [-0.05, 0) is 32.4 Å². The van der Waals surface area contributed by atoms with Crippen LogP contribution in [0.2, 0.25) is 0 Å². The Labute approximate surface area is 79.1 Å². The van der Waals surface area contributed by atoms with Crippen molar-refractivity contribution in [3.63, 3.8) is 0 Å². The molecular weight excluding hydrogens is 166 g/mol. The second kappa shape index (κ2) is 9.01. The molecule has 0 aliphatic rings. The van der Waals surface area contributed by atoms with Crippen molar-refractivity contribution in [1.29, 1.82) is 5.26 Å². The largest absolute Gasteiger partial charge is 0.370 e. The van der Waals surface area contributed by atoms with Gasteiger partial charge >= 0.3 is 0 Å². The summed E-state index contributed by atoms with van der Waals surface area (Å²) in [5.74, 6) is -0.232. The van der Waals surface area contributed by atoms with Crippen LogP contribution in [0.25, 0.3) is 0 Å². The van der Waals surface area contributed by atoms with Crippen LogP contribution in [0, 0.1) is 11.3 Å². The number of primary amides is 1. The molecule has 0 bridgehead atoms. The molecule has 0 rings (SSSR count). The molecule has 3 N–H and O–H groups in total. The topological polar surface area (TPSA) is 78.9 Å². The van der Waals surface area contributed by atoms with Crippen LogP contribution < -0.4 is 11.1 Å². The Morgan fingerprint density at radius 2 is 2.00 bits per heavy atom. The number of hydrogen-bond donors (Lipinski definition) is 2. The van der Waals surface area contributed by atoms with Gasteiger partial charge in [0.15, 0.2) is 0 Å². The maximum atomic E-state index is 10.3. The van der Waals surface area contributed by atoms with Crippen LogP contribution in [0.1, 0.15) is 32.1 Å². The fourth-order valence-electron chi connectivity index (χ4n) is 0.967. The Bertz CT molecular complexity index is 174. The zero-order valence-electron chi connectivity index (χ0n) is 7.88. The van der Waals surface area contributed by atoms with E-state index in [4.69, 9.17) is 11.0 Å². The third-order valence-corrected chi connectivity index (χ3v) is 1.67. The Morgan fingerprint density at radius 3 is 2.62 bits per heavy atom. The molecule has 0 atom stereocenters. The van der Waals surface area contributed by atoms with Crippen LogP contribution in [-0.4, -0.2) is 19.0 Å². The summed E-state index contributed by atoms with van der Waals surface area (Å²) in [6.45, 7) is 1.78. The van der Waals surface area contributed by atoms with Gasteiger partial charge in [0.25, 0.3) is 0 Å². The third-order valence-electron chi connectivity index (χ3n) is 1.67. The summed E-state index contributed by atoms with van der Waals surface area (Å²) >= 11 is 0. The minimum absolute atomic E-state index is 0.232. The Balaban J connectivity index is 2.92. The highest BCUT2D eigenvalue weighted by Crippen LogP contribution is 1.92. The van der Waals surface area contributed by atoms with Crippen molar-refractivity contribution in [2.75, 3.05) is 13.1 Å². The number of rotatable bonds is 8. The second-order valence-electron chi connectivity index (χ2n) is 2.94. The lowest BCUT2D eigenvalue weighted by atomic mass is 10.2. The first-order valence-electron chi connectivity index (χ1n) is 4.63. The summed E-state index contributed by atoms with van der Waals surface area (Å²) < 4.78 is 0. The highest BCUT2D eigenvalue weighted by molar-refractivity contribution is 5.73. The number of nitrogens with two attached hydrogens (primary N) is 1. The zero-order valence-corrected chi connectivity index (χ0v) is 7.88. The number of carbonyl (C=O) groups excluding carboxylic acids is 1. The van der Waals surface area contributed by atoms with E-state index in [0.29, 0.717) is 12.8 Å². The highest BCUT2D eigenvalue weighted by atomic mass is 16.1. The molecule has 1 amide bonds. The van der Waals surface area contributed by atoms with E-state index in [-0.39, 0.29) is 5.91 Å². The van der Waals surface area contributed by atoms with Crippen molar-refractivity contribution in [3.8, 4) is 6.07 Å². The lowest BCUT2D eigenvalue weighted by molar-refractivity contribution is -0.118. The lowest BCUT2D eigenvalue weighted by Gasteiger charge is -2.01. The van der Waals surface area contributed by atoms with Gasteiger partial charge in [-0.1, -0.05) is 0 Å². The summed E-state index contributed by atoms with van der Waals surface area (Å²) in [6, 6.07) is 2.08. The number of amides is 1. The molecule has 0 aliphatic carbocycles. The zero-order chi connectivity index (χ0) is 9.94. The molecule has 0 aromatic carbocycles. The number of nitrogens with zero attached hydrogens (tertiary/aromatic N) is 1. The fraction of sp³-hybridized carbons (Fsp3) is 0.778. The standard InChI is InChI=1S/C9H17N3O/c10-6-2-4-8-12-7-3-1-5-9(11)13/h12H,1-5,7-8H2,(H2,11,13). The van der Waals surface area contributed by atoms with Crippen LogP contribution in [-0.2, 0) is 4.79 Å². The first kappa shape index (κ1) is 11.9. The molecule has 4 heteroatoms. The van der Waals surface area contributed by atoms with Crippen molar-refractivity contribution in [2.24, 2.45) is 5.73 Å². The highest BCUT2D eigenvalue weighted by Gasteiger charge is 1.93. The van der Waals surface area contributed by atoms with Gasteiger partial charge in [0.2, 0.25) is 5.91 Å². The molecule has 0 saturated heterocycles. The Kier molecular flexibility index (Phi) is 8.26. The van der Waals surface area contributed by atoms with Gasteiger partial charge in [-0.3, -0.25) is 4.79 Å². The minimum atomic E-state index is -0.232. The minimum Gasteiger partial charge on any atom is -0.370 e. The Hall–Kier alpha value is -1.08. The molecule has 0 saturated carbocycles. The molecule has 74 valence electrons. The fourth-order valence-corrected chi connectivity index (χ4v) is 0.967. The predicted molar refractivity (Wildman–Crippen MR) is 50.8 cm³/mol. The average Bonchev–Trinajstić information content (AvgIpc) is 2.09. The monoisotopic (exact) mass is 183 g/mol. The van der Waals surface area contributed by atoms with E-state index in [0.717, 1.165) is 32.4 Å². The first-order valence-corrected chi connectivity index (χ1v) is 4.63. The SMILES string of the molecule is N#CCCCNCCCCC(N)=O. The molecule has 13 heavy (non-hydrogen) atoms. The van der Waals surface area contributed by atoms with Gasteiger partial charge in [-0.25, -0.2) is 0 Å². The number of nitrogens with one attached hydrogen (secondary N) is 1. The summed E-state index contributed by atoms with van der Waals surface area (Å²) in [5, 5.41) is 11.4. The summed E-state index contributed by atoms with van der Waals surface area (Å²) in [4.78, 5) is 10.3. The lowest BCUT2D eigenvalue weighted by Crippen LogP contribution is -2.17. The summed E-state index contributed by atoms with van der Waals surface area (Å²) in [6.07, 6.45) is 3.79. The number of unbranched alkanes of at least 4 members (excludes halogenated alkanes) is 2. The molecule has 0 aromatic heterocycles. The van der Waals surface area contributed by atoms with Crippen LogP contribution in [0.5, 0.6) is 0 Å². The van der Waals surface area contributed by atoms with Gasteiger partial charge in [0, 0.05) is 12.8 Å². The van der Waals surface area contributed by atoms with E-state index in [2.05, 4.69) is 11.4 Å². The van der Waals surface area contributed by atoms with E-state index in [1.54, 1.807) is 0 Å². The van der Waals surface area contributed by atoms with E-state index in [9.17, 15) is 4.79 Å². The second-order valence-corrected chi connectivity index (χ2v) is 2.94. The molecule has 4 nitrogen and oxygen atoms in total. The van der Waals surface area contributed by atoms with Gasteiger partial charge in [-0.15, -0.1) is 0 Å². The number of hydrogen-bond acceptors (Lipinski definition) is 3. The molecule has 0 radical (unpaired) electrons. The van der Waals surface area contributed by atoms with Gasteiger partial charge < -0.3 is 11.1 Å². The normalized spacial score (nSPS) is 9.46. The molecule has 0 unspecified atom stereocenters. The smallest absolute Gasteiger partial charge is 0.217 e. The average molecular weight is 183 g/mol. The van der Waals surface area contributed by atoms with Gasteiger partial charge in [0.05, 0.1) is 6.07 Å².